The van der Waals surface area contributed by atoms with Crippen molar-refractivity contribution in [3.05, 3.63) is 35.9 Å². The van der Waals surface area contributed by atoms with E-state index >= 15 is 0 Å². The third-order valence-electron chi connectivity index (χ3n) is 3.61. The molecule has 1 saturated heterocycles. The number of unbranched alkanes of at least 4 members (excludes halogenated alkanes) is 1. The molecule has 0 aliphatic carbocycles. The number of amides is 1. The van der Waals surface area contributed by atoms with Crippen LogP contribution in [0.15, 0.2) is 30.3 Å². The summed E-state index contributed by atoms with van der Waals surface area (Å²) >= 11 is 0. The number of carbonyl (C=O) groups is 1. The second kappa shape index (κ2) is 7.90. The van der Waals surface area contributed by atoms with Crippen LogP contribution in [0.3, 0.4) is 0 Å². The molecule has 4 heteroatoms. The molecule has 0 saturated carbocycles. The molecule has 1 heterocycles. The first kappa shape index (κ1) is 14.9. The van der Waals surface area contributed by atoms with E-state index < -0.39 is 0 Å². The third kappa shape index (κ3) is 3.97. The average Bonchev–Trinajstić information content (AvgIpc) is 2.74. The van der Waals surface area contributed by atoms with Crippen LogP contribution in [0.4, 0.5) is 4.79 Å². The van der Waals surface area contributed by atoms with Crippen LogP contribution < -0.4 is 5.32 Å². The molecule has 1 amide bonds. The van der Waals surface area contributed by atoms with Crippen LogP contribution >= 0.6 is 0 Å². The second-order valence-corrected chi connectivity index (χ2v) is 5.15. The summed E-state index contributed by atoms with van der Waals surface area (Å²) in [5.74, 6) is 0. The molecule has 1 aliphatic rings. The Labute approximate surface area is 121 Å². The standard InChI is InChI=1S/C16H24N2O2/c1-2-3-12-20-16(19)18-11-7-10-17-13-15(18)14-8-5-4-6-9-14/h4-6,8-9,15,17H,2-3,7,10-13H2,1H3. The van der Waals surface area contributed by atoms with Crippen LogP contribution in [0, 0.1) is 0 Å². The summed E-state index contributed by atoms with van der Waals surface area (Å²) in [5, 5.41) is 3.40. The van der Waals surface area contributed by atoms with E-state index in [9.17, 15) is 4.79 Å². The molecule has 20 heavy (non-hydrogen) atoms. The fourth-order valence-electron chi connectivity index (χ4n) is 2.46. The topological polar surface area (TPSA) is 41.6 Å². The van der Waals surface area contributed by atoms with Gasteiger partial charge in [0.1, 0.15) is 0 Å². The van der Waals surface area contributed by atoms with Gasteiger partial charge in [-0.15, -0.1) is 0 Å². The Morgan fingerprint density at radius 3 is 2.95 bits per heavy atom. The van der Waals surface area contributed by atoms with E-state index in [2.05, 4.69) is 24.4 Å². The summed E-state index contributed by atoms with van der Waals surface area (Å²) in [5.41, 5.74) is 1.16. The molecule has 0 bridgehead atoms. The van der Waals surface area contributed by atoms with Crippen molar-refractivity contribution < 1.29 is 9.53 Å². The fourth-order valence-corrected chi connectivity index (χ4v) is 2.46. The lowest BCUT2D eigenvalue weighted by atomic mass is 10.1. The van der Waals surface area contributed by atoms with Crippen molar-refractivity contribution in [1.29, 1.82) is 0 Å². The molecule has 0 radical (unpaired) electrons. The van der Waals surface area contributed by atoms with Crippen LogP contribution in [0.5, 0.6) is 0 Å². The van der Waals surface area contributed by atoms with Crippen molar-refractivity contribution in [3.63, 3.8) is 0 Å². The lowest BCUT2D eigenvalue weighted by Gasteiger charge is -2.29. The van der Waals surface area contributed by atoms with Crippen molar-refractivity contribution in [2.24, 2.45) is 0 Å². The van der Waals surface area contributed by atoms with Gasteiger partial charge in [0.2, 0.25) is 0 Å². The number of rotatable bonds is 4. The van der Waals surface area contributed by atoms with E-state index in [-0.39, 0.29) is 12.1 Å². The van der Waals surface area contributed by atoms with Crippen LogP contribution in [0.25, 0.3) is 0 Å². The summed E-state index contributed by atoms with van der Waals surface area (Å²) in [6.45, 7) is 5.09. The van der Waals surface area contributed by atoms with E-state index in [4.69, 9.17) is 4.74 Å². The maximum Gasteiger partial charge on any atom is 0.410 e. The largest absolute Gasteiger partial charge is 0.449 e. The van der Waals surface area contributed by atoms with Gasteiger partial charge in [-0.1, -0.05) is 43.7 Å². The normalized spacial score (nSPS) is 19.4. The van der Waals surface area contributed by atoms with Gasteiger partial charge in [-0.05, 0) is 24.9 Å². The van der Waals surface area contributed by atoms with E-state index in [1.807, 2.05) is 23.1 Å². The molecule has 110 valence electrons. The van der Waals surface area contributed by atoms with E-state index in [1.165, 1.54) is 0 Å². The van der Waals surface area contributed by atoms with Crippen molar-refractivity contribution in [2.75, 3.05) is 26.2 Å². The third-order valence-corrected chi connectivity index (χ3v) is 3.61. The highest BCUT2D eigenvalue weighted by Gasteiger charge is 2.27. The summed E-state index contributed by atoms with van der Waals surface area (Å²) in [6, 6.07) is 10.2. The Kier molecular flexibility index (Phi) is 5.87. The van der Waals surface area contributed by atoms with Gasteiger partial charge in [0.05, 0.1) is 12.6 Å². The molecular weight excluding hydrogens is 252 g/mol. The zero-order valence-corrected chi connectivity index (χ0v) is 12.2. The van der Waals surface area contributed by atoms with Crippen molar-refractivity contribution >= 4 is 6.09 Å². The van der Waals surface area contributed by atoms with Crippen LogP contribution in [0.1, 0.15) is 37.8 Å². The molecule has 1 atom stereocenters. The van der Waals surface area contributed by atoms with Gasteiger partial charge in [0.25, 0.3) is 0 Å². The van der Waals surface area contributed by atoms with E-state index in [1.54, 1.807) is 0 Å². The van der Waals surface area contributed by atoms with Gasteiger partial charge in [0, 0.05) is 13.1 Å². The second-order valence-electron chi connectivity index (χ2n) is 5.15. The van der Waals surface area contributed by atoms with Crippen molar-refractivity contribution in [3.8, 4) is 0 Å². The number of hydrogen-bond donors (Lipinski definition) is 1. The summed E-state index contributed by atoms with van der Waals surface area (Å²) < 4.78 is 5.39. The molecule has 1 N–H and O–H groups in total. The molecule has 1 unspecified atom stereocenters. The number of hydrogen-bond acceptors (Lipinski definition) is 3. The number of ether oxygens (including phenoxy) is 1. The van der Waals surface area contributed by atoms with E-state index in [0.717, 1.165) is 44.5 Å². The number of nitrogens with zero attached hydrogens (tertiary/aromatic N) is 1. The average molecular weight is 276 g/mol. The zero-order valence-electron chi connectivity index (χ0n) is 12.2. The first-order valence-electron chi connectivity index (χ1n) is 7.52. The number of nitrogens with one attached hydrogen (secondary N) is 1. The minimum absolute atomic E-state index is 0.0628. The predicted molar refractivity (Wildman–Crippen MR) is 79.6 cm³/mol. The highest BCUT2D eigenvalue weighted by Crippen LogP contribution is 2.22. The van der Waals surface area contributed by atoms with Gasteiger partial charge in [-0.3, -0.25) is 4.90 Å². The van der Waals surface area contributed by atoms with Crippen molar-refractivity contribution in [1.82, 2.24) is 10.2 Å². The first-order valence-corrected chi connectivity index (χ1v) is 7.52. The van der Waals surface area contributed by atoms with Gasteiger partial charge in [-0.2, -0.15) is 0 Å². The smallest absolute Gasteiger partial charge is 0.410 e. The minimum atomic E-state index is -0.184. The molecule has 1 aliphatic heterocycles. The van der Waals surface area contributed by atoms with Crippen LogP contribution in [-0.2, 0) is 4.74 Å². The SMILES string of the molecule is CCCCOC(=O)N1CCCNCC1c1ccccc1. The molecule has 1 aromatic carbocycles. The number of benzene rings is 1. The van der Waals surface area contributed by atoms with Gasteiger partial charge in [0.15, 0.2) is 0 Å². The molecule has 2 rings (SSSR count). The number of carbonyl (C=O) groups excluding carboxylic acids is 1. The van der Waals surface area contributed by atoms with Crippen LogP contribution in [-0.4, -0.2) is 37.2 Å². The van der Waals surface area contributed by atoms with Crippen molar-refractivity contribution in [2.45, 2.75) is 32.2 Å². The molecule has 0 aromatic heterocycles. The monoisotopic (exact) mass is 276 g/mol. The first-order chi connectivity index (χ1) is 9.83. The minimum Gasteiger partial charge on any atom is -0.449 e. The molecule has 4 nitrogen and oxygen atoms in total. The molecule has 0 spiro atoms. The molecule has 1 aromatic rings. The summed E-state index contributed by atoms with van der Waals surface area (Å²) in [6.07, 6.45) is 2.74. The van der Waals surface area contributed by atoms with E-state index in [0.29, 0.717) is 6.61 Å². The quantitative estimate of drug-likeness (QED) is 0.860. The van der Waals surface area contributed by atoms with Gasteiger partial charge in [-0.25, -0.2) is 4.79 Å². The summed E-state index contributed by atoms with van der Waals surface area (Å²) in [4.78, 5) is 14.2. The Bertz CT molecular complexity index is 408. The molecular formula is C16H24N2O2. The van der Waals surface area contributed by atoms with Gasteiger partial charge >= 0.3 is 6.09 Å². The predicted octanol–water partition coefficient (Wildman–Crippen LogP) is 2.96. The Balaban J connectivity index is 2.07. The lowest BCUT2D eigenvalue weighted by molar-refractivity contribution is 0.0876. The van der Waals surface area contributed by atoms with Crippen LogP contribution in [0.2, 0.25) is 0 Å². The Morgan fingerprint density at radius 1 is 1.40 bits per heavy atom. The maximum absolute atomic E-state index is 12.3. The zero-order chi connectivity index (χ0) is 14.2. The highest BCUT2D eigenvalue weighted by atomic mass is 16.6. The molecule has 1 fully saturated rings. The summed E-state index contributed by atoms with van der Waals surface area (Å²) in [7, 11) is 0. The van der Waals surface area contributed by atoms with Gasteiger partial charge < -0.3 is 10.1 Å². The Morgan fingerprint density at radius 2 is 2.20 bits per heavy atom. The maximum atomic E-state index is 12.3. The highest BCUT2D eigenvalue weighted by molar-refractivity contribution is 5.68. The lowest BCUT2D eigenvalue weighted by Crippen LogP contribution is -2.38. The Hall–Kier alpha value is -1.55. The fraction of sp³-hybridized carbons (Fsp3) is 0.562.